The van der Waals surface area contributed by atoms with Gasteiger partial charge in [-0.05, 0) is 42.5 Å². The SMILES string of the molecule is CNC(=O)c1cc(Oc2ccc3c(c2)nc(Nc2ccc(F)c(-c4ccc(OC)nc4)c2)n3C)ccn1.[HH].[HH]. The molecule has 5 aromatic rings. The van der Waals surface area contributed by atoms with Gasteiger partial charge in [0.25, 0.3) is 5.91 Å². The third-order valence-electron chi connectivity index (χ3n) is 5.76. The lowest BCUT2D eigenvalue weighted by Crippen LogP contribution is -2.18. The number of rotatable bonds is 7. The maximum atomic E-state index is 14.6. The van der Waals surface area contributed by atoms with E-state index in [1.807, 2.05) is 23.7 Å². The van der Waals surface area contributed by atoms with Crippen molar-refractivity contribution >= 4 is 28.6 Å². The molecule has 0 aliphatic rings. The van der Waals surface area contributed by atoms with Gasteiger partial charge in [-0.15, -0.1) is 0 Å². The average molecular weight is 503 g/mol. The molecule has 0 unspecified atom stereocenters. The highest BCUT2D eigenvalue weighted by atomic mass is 19.1. The summed E-state index contributed by atoms with van der Waals surface area (Å²) in [6.45, 7) is 0. The number of nitrogens with zero attached hydrogens (tertiary/aromatic N) is 4. The summed E-state index contributed by atoms with van der Waals surface area (Å²) in [5.41, 5.74) is 3.53. The molecule has 3 heterocycles. The summed E-state index contributed by atoms with van der Waals surface area (Å²) in [5, 5.41) is 5.80. The van der Waals surface area contributed by atoms with E-state index in [1.54, 1.807) is 55.7 Å². The number of methoxy groups -OCH3 is 1. The number of hydrogen-bond acceptors (Lipinski definition) is 7. The second kappa shape index (κ2) is 9.94. The van der Waals surface area contributed by atoms with Crippen molar-refractivity contribution in [2.45, 2.75) is 0 Å². The lowest BCUT2D eigenvalue weighted by atomic mass is 10.1. The first-order valence-corrected chi connectivity index (χ1v) is 11.3. The van der Waals surface area contributed by atoms with Crippen LogP contribution < -0.4 is 20.1 Å². The van der Waals surface area contributed by atoms with Crippen molar-refractivity contribution in [2.75, 3.05) is 19.5 Å². The standard InChI is InChI=1S/C27H23FN6O3.2H2/c1-29-26(35)23-14-19(10-11-30-23)37-18-6-8-24-22(13-18)33-27(34(24)2)32-17-5-7-21(28)20(12-17)16-4-9-25(36-3)31-15-16;;/h4-15H,1-3H3,(H,29,35)(H,32,33);2*1H. The molecule has 0 saturated heterocycles. The molecule has 3 aromatic heterocycles. The van der Waals surface area contributed by atoms with E-state index in [4.69, 9.17) is 9.47 Å². The normalized spacial score (nSPS) is 10.8. The van der Waals surface area contributed by atoms with Crippen LogP contribution in [0.25, 0.3) is 22.2 Å². The van der Waals surface area contributed by atoms with Crippen LogP contribution in [-0.2, 0) is 7.05 Å². The zero-order chi connectivity index (χ0) is 25.9. The Morgan fingerprint density at radius 2 is 1.86 bits per heavy atom. The molecule has 9 nitrogen and oxygen atoms in total. The van der Waals surface area contributed by atoms with Crippen LogP contribution in [0.5, 0.6) is 17.4 Å². The van der Waals surface area contributed by atoms with Crippen molar-refractivity contribution < 1.29 is 21.5 Å². The summed E-state index contributed by atoms with van der Waals surface area (Å²) in [4.78, 5) is 24.8. The fraction of sp³-hybridized carbons (Fsp3) is 0.111. The highest BCUT2D eigenvalue weighted by Gasteiger charge is 2.13. The lowest BCUT2D eigenvalue weighted by Gasteiger charge is -2.10. The van der Waals surface area contributed by atoms with Crippen molar-refractivity contribution in [3.05, 3.63) is 84.6 Å². The first-order chi connectivity index (χ1) is 17.9. The van der Waals surface area contributed by atoms with Gasteiger partial charge in [-0.1, -0.05) is 0 Å². The molecular formula is C27H27FN6O3. The Morgan fingerprint density at radius 3 is 2.62 bits per heavy atom. The average Bonchev–Trinajstić information content (AvgIpc) is 3.23. The Morgan fingerprint density at radius 1 is 1.03 bits per heavy atom. The number of benzene rings is 2. The Bertz CT molecular complexity index is 1610. The molecule has 190 valence electrons. The van der Waals surface area contributed by atoms with E-state index in [9.17, 15) is 9.18 Å². The summed E-state index contributed by atoms with van der Waals surface area (Å²) >= 11 is 0. The van der Waals surface area contributed by atoms with Crippen LogP contribution in [0.2, 0.25) is 0 Å². The largest absolute Gasteiger partial charge is 0.481 e. The van der Waals surface area contributed by atoms with Crippen molar-refractivity contribution in [2.24, 2.45) is 7.05 Å². The van der Waals surface area contributed by atoms with Crippen molar-refractivity contribution in [1.82, 2.24) is 24.8 Å². The molecule has 0 fully saturated rings. The van der Waals surface area contributed by atoms with Gasteiger partial charge in [0.1, 0.15) is 23.0 Å². The number of carbonyl (C=O) groups is 1. The van der Waals surface area contributed by atoms with Gasteiger partial charge in [0, 0.05) is 64.4 Å². The Kier molecular flexibility index (Phi) is 6.38. The van der Waals surface area contributed by atoms with E-state index in [-0.39, 0.29) is 20.3 Å². The van der Waals surface area contributed by atoms with Crippen LogP contribution in [0.1, 0.15) is 13.3 Å². The Hall–Kier alpha value is -4.99. The van der Waals surface area contributed by atoms with Crippen molar-refractivity contribution in [1.29, 1.82) is 0 Å². The van der Waals surface area contributed by atoms with E-state index in [1.165, 1.54) is 19.4 Å². The molecule has 0 bridgehead atoms. The highest BCUT2D eigenvalue weighted by Crippen LogP contribution is 2.30. The first-order valence-electron chi connectivity index (χ1n) is 11.3. The minimum absolute atomic E-state index is 0. The van der Waals surface area contributed by atoms with Gasteiger partial charge in [0.05, 0.1) is 18.1 Å². The summed E-state index contributed by atoms with van der Waals surface area (Å²) in [6, 6.07) is 17.0. The van der Waals surface area contributed by atoms with E-state index in [0.717, 1.165) is 5.52 Å². The number of ether oxygens (including phenoxy) is 2. The molecule has 0 aliphatic heterocycles. The zero-order valence-corrected chi connectivity index (χ0v) is 20.3. The molecule has 1 amide bonds. The topological polar surface area (TPSA) is 103 Å². The van der Waals surface area contributed by atoms with Gasteiger partial charge in [-0.3, -0.25) is 9.78 Å². The summed E-state index contributed by atoms with van der Waals surface area (Å²) in [7, 11) is 4.96. The second-order valence-electron chi connectivity index (χ2n) is 8.11. The molecule has 5 rings (SSSR count). The van der Waals surface area contributed by atoms with Gasteiger partial charge in [0.15, 0.2) is 0 Å². The number of aryl methyl sites for hydroxylation is 1. The van der Waals surface area contributed by atoms with Gasteiger partial charge >= 0.3 is 0 Å². The quantitative estimate of drug-likeness (QED) is 0.300. The molecule has 0 radical (unpaired) electrons. The monoisotopic (exact) mass is 502 g/mol. The fourth-order valence-electron chi connectivity index (χ4n) is 3.83. The third-order valence-corrected chi connectivity index (χ3v) is 5.76. The number of halogens is 1. The predicted molar refractivity (Wildman–Crippen MR) is 142 cm³/mol. The molecule has 10 heteroatoms. The number of fused-ring (bicyclic) bond motifs is 1. The fourth-order valence-corrected chi connectivity index (χ4v) is 3.83. The highest BCUT2D eigenvalue weighted by molar-refractivity contribution is 5.92. The number of carbonyl (C=O) groups excluding carboxylic acids is 1. The molecule has 2 aromatic carbocycles. The second-order valence-corrected chi connectivity index (χ2v) is 8.11. The maximum Gasteiger partial charge on any atom is 0.269 e. The van der Waals surface area contributed by atoms with E-state index in [2.05, 4.69) is 25.6 Å². The van der Waals surface area contributed by atoms with Gasteiger partial charge in [-0.25, -0.2) is 14.4 Å². The number of amides is 1. The first kappa shape index (κ1) is 23.7. The minimum atomic E-state index is -0.361. The predicted octanol–water partition coefficient (Wildman–Crippen LogP) is 5.57. The molecule has 0 spiro atoms. The Balaban J connectivity index is 0.00000210. The van der Waals surface area contributed by atoms with E-state index < -0.39 is 0 Å². The van der Waals surface area contributed by atoms with Crippen molar-refractivity contribution in [3.8, 4) is 28.5 Å². The molecule has 0 atom stereocenters. The van der Waals surface area contributed by atoms with Crippen LogP contribution in [-0.4, -0.2) is 39.6 Å². The molecule has 0 aliphatic carbocycles. The Labute approximate surface area is 214 Å². The van der Waals surface area contributed by atoms with Crippen LogP contribution in [0.3, 0.4) is 0 Å². The summed E-state index contributed by atoms with van der Waals surface area (Å²) in [5.74, 6) is 1.41. The molecule has 0 saturated carbocycles. The van der Waals surface area contributed by atoms with Gasteiger partial charge in [-0.2, -0.15) is 0 Å². The number of hydrogen-bond donors (Lipinski definition) is 2. The van der Waals surface area contributed by atoms with Crippen LogP contribution >= 0.6 is 0 Å². The number of pyridine rings is 2. The number of anilines is 2. The minimum Gasteiger partial charge on any atom is -0.481 e. The third kappa shape index (κ3) is 4.90. The molecular weight excluding hydrogens is 475 g/mol. The smallest absolute Gasteiger partial charge is 0.269 e. The zero-order valence-electron chi connectivity index (χ0n) is 20.3. The lowest BCUT2D eigenvalue weighted by molar-refractivity contribution is 0.0958. The summed E-state index contributed by atoms with van der Waals surface area (Å²) < 4.78 is 27.5. The van der Waals surface area contributed by atoms with Gasteiger partial charge < -0.3 is 24.7 Å². The van der Waals surface area contributed by atoms with Crippen molar-refractivity contribution in [3.63, 3.8) is 0 Å². The van der Waals surface area contributed by atoms with E-state index >= 15 is 0 Å². The number of nitrogens with one attached hydrogen (secondary N) is 2. The maximum absolute atomic E-state index is 14.6. The number of aromatic nitrogens is 4. The van der Waals surface area contributed by atoms with E-state index in [0.29, 0.717) is 45.7 Å². The van der Waals surface area contributed by atoms with Crippen LogP contribution in [0.4, 0.5) is 16.0 Å². The molecule has 2 N–H and O–H groups in total. The summed E-state index contributed by atoms with van der Waals surface area (Å²) in [6.07, 6.45) is 3.08. The molecule has 37 heavy (non-hydrogen) atoms. The van der Waals surface area contributed by atoms with Gasteiger partial charge in [0.2, 0.25) is 11.8 Å². The van der Waals surface area contributed by atoms with Crippen LogP contribution in [0.15, 0.2) is 73.1 Å². The van der Waals surface area contributed by atoms with Crippen LogP contribution in [0, 0.1) is 5.82 Å². The number of imidazole rings is 1.